The highest BCUT2D eigenvalue weighted by atomic mass is 16.2. The zero-order valence-electron chi connectivity index (χ0n) is 9.47. The van der Waals surface area contributed by atoms with Crippen molar-refractivity contribution in [2.45, 2.75) is 33.1 Å². The smallest absolute Gasteiger partial charge is 0.227 e. The van der Waals surface area contributed by atoms with Crippen LogP contribution in [0.25, 0.3) is 0 Å². The molecule has 0 saturated heterocycles. The maximum atomic E-state index is 11.8. The Hall–Kier alpha value is -1.08. The van der Waals surface area contributed by atoms with Crippen molar-refractivity contribution in [2.75, 3.05) is 13.1 Å². The molecule has 0 radical (unpaired) electrons. The highest BCUT2D eigenvalue weighted by Crippen LogP contribution is 2.40. The van der Waals surface area contributed by atoms with Gasteiger partial charge in [0.2, 0.25) is 5.91 Å². The average molecular weight is 209 g/mol. The molecule has 0 aromatic rings. The van der Waals surface area contributed by atoms with Crippen molar-refractivity contribution in [1.29, 1.82) is 5.26 Å². The molecule has 0 atom stereocenters. The fourth-order valence-electron chi connectivity index (χ4n) is 1.66. The molecule has 1 fully saturated rings. The third kappa shape index (κ3) is 2.48. The standard InChI is InChI=1S/C11H19N3O/c1-10(2,6-12)8-14-9(15)11(7-13)4-3-5-11/h3-5,7-8,13H2,1-2H3,(H,14,15). The van der Waals surface area contributed by atoms with Crippen LogP contribution in [-0.2, 0) is 4.79 Å². The van der Waals surface area contributed by atoms with Gasteiger partial charge in [-0.05, 0) is 26.7 Å². The number of carbonyl (C=O) groups excluding carboxylic acids is 1. The van der Waals surface area contributed by atoms with Gasteiger partial charge >= 0.3 is 0 Å². The minimum atomic E-state index is -0.505. The van der Waals surface area contributed by atoms with E-state index in [1.165, 1.54) is 0 Å². The van der Waals surface area contributed by atoms with Crippen molar-refractivity contribution in [3.63, 3.8) is 0 Å². The molecule has 84 valence electrons. The van der Waals surface area contributed by atoms with Crippen LogP contribution < -0.4 is 11.1 Å². The van der Waals surface area contributed by atoms with Crippen molar-refractivity contribution >= 4 is 5.91 Å². The van der Waals surface area contributed by atoms with E-state index in [1.807, 2.05) is 13.8 Å². The molecule has 1 aliphatic carbocycles. The number of hydrogen-bond acceptors (Lipinski definition) is 3. The first-order valence-electron chi connectivity index (χ1n) is 5.35. The molecule has 0 aromatic carbocycles. The Bertz CT molecular complexity index is 281. The van der Waals surface area contributed by atoms with E-state index < -0.39 is 5.41 Å². The Morgan fingerprint density at radius 2 is 2.20 bits per heavy atom. The molecular formula is C11H19N3O. The van der Waals surface area contributed by atoms with Crippen molar-refractivity contribution < 1.29 is 4.79 Å². The van der Waals surface area contributed by atoms with Gasteiger partial charge in [-0.15, -0.1) is 0 Å². The van der Waals surface area contributed by atoms with E-state index in [4.69, 9.17) is 11.0 Å². The first-order chi connectivity index (χ1) is 6.96. The number of rotatable bonds is 4. The Labute approximate surface area is 90.8 Å². The van der Waals surface area contributed by atoms with Crippen molar-refractivity contribution in [3.8, 4) is 6.07 Å². The van der Waals surface area contributed by atoms with Gasteiger partial charge in [0.15, 0.2) is 0 Å². The number of hydrogen-bond donors (Lipinski definition) is 2. The summed E-state index contributed by atoms with van der Waals surface area (Å²) >= 11 is 0. The molecule has 3 N–H and O–H groups in total. The first-order valence-corrected chi connectivity index (χ1v) is 5.35. The van der Waals surface area contributed by atoms with Gasteiger partial charge in [0.1, 0.15) is 0 Å². The second kappa shape index (κ2) is 4.19. The largest absolute Gasteiger partial charge is 0.354 e. The zero-order valence-corrected chi connectivity index (χ0v) is 9.47. The molecule has 0 bridgehead atoms. The summed E-state index contributed by atoms with van der Waals surface area (Å²) < 4.78 is 0. The van der Waals surface area contributed by atoms with E-state index in [9.17, 15) is 4.79 Å². The van der Waals surface area contributed by atoms with Gasteiger partial charge in [-0.25, -0.2) is 0 Å². The Morgan fingerprint density at radius 1 is 1.60 bits per heavy atom. The van der Waals surface area contributed by atoms with Crippen molar-refractivity contribution in [2.24, 2.45) is 16.6 Å². The third-order valence-corrected chi connectivity index (χ3v) is 3.18. The van der Waals surface area contributed by atoms with Crippen LogP contribution >= 0.6 is 0 Å². The van der Waals surface area contributed by atoms with E-state index in [0.29, 0.717) is 13.1 Å². The Morgan fingerprint density at radius 3 is 2.53 bits per heavy atom. The van der Waals surface area contributed by atoms with E-state index in [2.05, 4.69) is 11.4 Å². The highest BCUT2D eigenvalue weighted by Gasteiger charge is 2.42. The molecule has 0 aromatic heterocycles. The molecular weight excluding hydrogens is 190 g/mol. The second-order valence-electron chi connectivity index (χ2n) is 5.02. The van der Waals surface area contributed by atoms with E-state index in [0.717, 1.165) is 19.3 Å². The van der Waals surface area contributed by atoms with Crippen LogP contribution in [-0.4, -0.2) is 19.0 Å². The predicted octanol–water partition coefficient (Wildman–Crippen LogP) is 0.781. The minimum absolute atomic E-state index is 0.0135. The molecule has 0 unspecified atom stereocenters. The molecule has 1 saturated carbocycles. The van der Waals surface area contributed by atoms with Gasteiger partial charge in [-0.1, -0.05) is 6.42 Å². The van der Waals surface area contributed by atoms with Crippen LogP contribution in [0.1, 0.15) is 33.1 Å². The third-order valence-electron chi connectivity index (χ3n) is 3.18. The summed E-state index contributed by atoms with van der Waals surface area (Å²) in [5.41, 5.74) is 4.77. The lowest BCUT2D eigenvalue weighted by molar-refractivity contribution is -0.135. The van der Waals surface area contributed by atoms with Crippen molar-refractivity contribution in [3.05, 3.63) is 0 Å². The summed E-state index contributed by atoms with van der Waals surface area (Å²) in [5.74, 6) is 0.0135. The number of nitriles is 1. The predicted molar refractivity (Wildman–Crippen MR) is 57.7 cm³/mol. The fraction of sp³-hybridized carbons (Fsp3) is 0.818. The maximum absolute atomic E-state index is 11.8. The van der Waals surface area contributed by atoms with Gasteiger partial charge < -0.3 is 11.1 Å². The van der Waals surface area contributed by atoms with Crippen molar-refractivity contribution in [1.82, 2.24) is 5.32 Å². The molecule has 1 rings (SSSR count). The normalized spacial score (nSPS) is 18.8. The zero-order chi connectivity index (χ0) is 11.5. The molecule has 0 aliphatic heterocycles. The van der Waals surface area contributed by atoms with Crippen LogP contribution in [0.5, 0.6) is 0 Å². The monoisotopic (exact) mass is 209 g/mol. The second-order valence-corrected chi connectivity index (χ2v) is 5.02. The summed E-state index contributed by atoms with van der Waals surface area (Å²) in [6.45, 7) is 4.42. The topological polar surface area (TPSA) is 78.9 Å². The average Bonchev–Trinajstić information content (AvgIpc) is 2.14. The molecule has 4 nitrogen and oxygen atoms in total. The number of amides is 1. The molecule has 15 heavy (non-hydrogen) atoms. The first kappa shape index (κ1) is 12.0. The highest BCUT2D eigenvalue weighted by molar-refractivity contribution is 5.83. The van der Waals surface area contributed by atoms with Crippen LogP contribution in [0.2, 0.25) is 0 Å². The van der Waals surface area contributed by atoms with E-state index >= 15 is 0 Å². The Balaban J connectivity index is 2.47. The quantitative estimate of drug-likeness (QED) is 0.718. The molecule has 0 spiro atoms. The van der Waals surface area contributed by atoms with Crippen LogP contribution in [0.4, 0.5) is 0 Å². The van der Waals surface area contributed by atoms with E-state index in [-0.39, 0.29) is 11.3 Å². The maximum Gasteiger partial charge on any atom is 0.227 e. The van der Waals surface area contributed by atoms with Crippen LogP contribution in [0, 0.1) is 22.2 Å². The SMILES string of the molecule is CC(C)(C#N)CNC(=O)C1(CN)CCC1. The Kier molecular flexibility index (Phi) is 3.35. The summed E-state index contributed by atoms with van der Waals surface area (Å²) in [5, 5.41) is 11.6. The fourth-order valence-corrected chi connectivity index (χ4v) is 1.66. The lowest BCUT2D eigenvalue weighted by Gasteiger charge is -2.39. The van der Waals surface area contributed by atoms with Gasteiger partial charge in [-0.2, -0.15) is 5.26 Å². The summed E-state index contributed by atoms with van der Waals surface area (Å²) in [6, 6.07) is 2.16. The number of nitrogens with one attached hydrogen (secondary N) is 1. The summed E-state index contributed by atoms with van der Waals surface area (Å²) in [7, 11) is 0. The number of carbonyl (C=O) groups is 1. The van der Waals surface area contributed by atoms with Crippen LogP contribution in [0.15, 0.2) is 0 Å². The van der Waals surface area contributed by atoms with E-state index in [1.54, 1.807) is 0 Å². The lowest BCUT2D eigenvalue weighted by Crippen LogP contribution is -2.51. The molecule has 0 heterocycles. The minimum Gasteiger partial charge on any atom is -0.354 e. The number of nitrogens with two attached hydrogens (primary N) is 1. The number of nitrogens with zero attached hydrogens (tertiary/aromatic N) is 1. The van der Waals surface area contributed by atoms with Gasteiger partial charge in [0, 0.05) is 13.1 Å². The van der Waals surface area contributed by atoms with Crippen LogP contribution in [0.3, 0.4) is 0 Å². The summed E-state index contributed by atoms with van der Waals surface area (Å²) in [4.78, 5) is 11.8. The summed E-state index contributed by atoms with van der Waals surface area (Å²) in [6.07, 6.45) is 2.83. The van der Waals surface area contributed by atoms with Gasteiger partial charge in [-0.3, -0.25) is 4.79 Å². The van der Waals surface area contributed by atoms with Gasteiger partial charge in [0.05, 0.1) is 16.9 Å². The molecule has 1 amide bonds. The molecule has 1 aliphatic rings. The molecule has 4 heteroatoms. The van der Waals surface area contributed by atoms with Gasteiger partial charge in [0.25, 0.3) is 0 Å². The lowest BCUT2D eigenvalue weighted by atomic mass is 9.68.